The number of allylic oxidation sites excluding steroid dienone is 1. The Morgan fingerprint density at radius 2 is 1.46 bits per heavy atom. The molecule has 1 aromatic heterocycles. The molecule has 0 bridgehead atoms. The lowest BCUT2D eigenvalue weighted by molar-refractivity contribution is -0.110. The maximum atomic E-state index is 12.5. The molecule has 4 rings (SSSR count). The zero-order valence-corrected chi connectivity index (χ0v) is 13.5. The predicted octanol–water partition coefficient (Wildman–Crippen LogP) is 4.49. The molecule has 1 heterocycles. The maximum absolute atomic E-state index is 12.5. The van der Waals surface area contributed by atoms with Gasteiger partial charge in [-0.2, -0.15) is 0 Å². The monoisotopic (exact) mass is 331 g/mol. The first-order chi connectivity index (χ1) is 11.7. The molecule has 3 nitrogen and oxygen atoms in total. The largest absolute Gasteiger partial charge is 0.286 e. The molecule has 116 valence electrons. The number of hydrogen-bond donors (Lipinski definition) is 0. The van der Waals surface area contributed by atoms with Gasteiger partial charge in [0.1, 0.15) is 0 Å². The Hall–Kier alpha value is -2.85. The van der Waals surface area contributed by atoms with Gasteiger partial charge in [0.25, 0.3) is 0 Å². The van der Waals surface area contributed by atoms with Crippen LogP contribution in [0.15, 0.2) is 77.8 Å². The van der Waals surface area contributed by atoms with Gasteiger partial charge in [0.2, 0.25) is 11.6 Å². The van der Waals surface area contributed by atoms with Crippen molar-refractivity contribution in [3.05, 3.63) is 84.2 Å². The summed E-state index contributed by atoms with van der Waals surface area (Å²) < 4.78 is 1.95. The second-order valence-corrected chi connectivity index (χ2v) is 6.47. The molecule has 0 amide bonds. The Morgan fingerprint density at radius 3 is 2.17 bits per heavy atom. The van der Waals surface area contributed by atoms with Gasteiger partial charge in [-0.05, 0) is 41.8 Å². The van der Waals surface area contributed by atoms with Crippen molar-refractivity contribution in [3.8, 4) is 11.1 Å². The topological polar surface area (TPSA) is 39.1 Å². The number of carbonyl (C=O) groups is 2. The minimum Gasteiger partial charge on any atom is -0.286 e. The minimum atomic E-state index is -0.470. The number of hydrogen-bond acceptors (Lipinski definition) is 3. The molecule has 4 heteroatoms. The number of rotatable bonds is 3. The van der Waals surface area contributed by atoms with Gasteiger partial charge in [0, 0.05) is 16.7 Å². The number of nitrogens with zero attached hydrogens (tertiary/aromatic N) is 1. The molecule has 0 aliphatic heterocycles. The van der Waals surface area contributed by atoms with Crippen LogP contribution in [-0.2, 0) is 4.79 Å². The zero-order valence-electron chi connectivity index (χ0n) is 12.7. The van der Waals surface area contributed by atoms with E-state index >= 15 is 0 Å². The van der Waals surface area contributed by atoms with Crippen LogP contribution < -0.4 is 0 Å². The molecule has 1 aliphatic carbocycles. The Balaban J connectivity index is 1.88. The van der Waals surface area contributed by atoms with E-state index in [1.807, 2.05) is 70.8 Å². The molecular formula is C20H13NO2S. The summed E-state index contributed by atoms with van der Waals surface area (Å²) in [4.78, 5) is 25.4. The van der Waals surface area contributed by atoms with Crippen molar-refractivity contribution in [2.75, 3.05) is 0 Å². The number of benzene rings is 2. The molecule has 0 atom stereocenters. The van der Waals surface area contributed by atoms with Gasteiger partial charge in [-0.15, -0.1) is 0 Å². The first-order valence-corrected chi connectivity index (χ1v) is 8.32. The van der Waals surface area contributed by atoms with Gasteiger partial charge in [-0.1, -0.05) is 48.5 Å². The van der Waals surface area contributed by atoms with E-state index in [9.17, 15) is 9.59 Å². The molecule has 24 heavy (non-hydrogen) atoms. The van der Waals surface area contributed by atoms with Crippen molar-refractivity contribution in [3.63, 3.8) is 0 Å². The zero-order chi connectivity index (χ0) is 16.5. The summed E-state index contributed by atoms with van der Waals surface area (Å²) in [5.74, 6) is -0.916. The third-order valence-corrected chi connectivity index (χ3v) is 4.87. The molecule has 0 saturated heterocycles. The normalized spacial score (nSPS) is 13.2. The molecule has 0 spiro atoms. The fourth-order valence-electron chi connectivity index (χ4n) is 2.76. The SMILES string of the molecule is O=C1C=Cc2c(c(-c3ccccc3)cn2Sc2ccccc2)C1=O. The molecule has 0 unspecified atom stereocenters. The van der Waals surface area contributed by atoms with Crippen LogP contribution >= 0.6 is 11.9 Å². The average Bonchev–Trinajstić information content (AvgIpc) is 2.99. The van der Waals surface area contributed by atoms with E-state index < -0.39 is 11.6 Å². The summed E-state index contributed by atoms with van der Waals surface area (Å²) in [5.41, 5.74) is 2.96. The van der Waals surface area contributed by atoms with Crippen LogP contribution in [0.25, 0.3) is 17.2 Å². The number of Topliss-reactive ketones (excluding diaryl/α,β-unsaturated/α-hetero) is 1. The number of fused-ring (bicyclic) bond motifs is 1. The fourth-order valence-corrected chi connectivity index (χ4v) is 3.67. The van der Waals surface area contributed by atoms with Crippen LogP contribution in [0, 0.1) is 0 Å². The Labute approximate surface area is 143 Å². The molecule has 2 aromatic carbocycles. The summed E-state index contributed by atoms with van der Waals surface area (Å²) >= 11 is 1.52. The van der Waals surface area contributed by atoms with Crippen molar-refractivity contribution in [1.82, 2.24) is 3.97 Å². The van der Waals surface area contributed by atoms with Gasteiger partial charge in [-0.3, -0.25) is 13.6 Å². The molecule has 0 radical (unpaired) electrons. The second-order valence-electron chi connectivity index (χ2n) is 5.43. The van der Waals surface area contributed by atoms with Gasteiger partial charge in [0.05, 0.1) is 11.3 Å². The molecule has 0 saturated carbocycles. The minimum absolute atomic E-state index is 0.446. The highest BCUT2D eigenvalue weighted by Gasteiger charge is 2.28. The van der Waals surface area contributed by atoms with E-state index in [1.54, 1.807) is 6.08 Å². The maximum Gasteiger partial charge on any atom is 0.235 e. The standard InChI is InChI=1S/C20H13NO2S/c22-18-12-11-17-19(20(18)23)16(14-7-3-1-4-8-14)13-21(17)24-15-9-5-2-6-10-15/h1-13H. The van der Waals surface area contributed by atoms with Crippen LogP contribution in [0.1, 0.15) is 16.1 Å². The Morgan fingerprint density at radius 1 is 0.792 bits per heavy atom. The van der Waals surface area contributed by atoms with E-state index in [1.165, 1.54) is 18.0 Å². The number of aromatic nitrogens is 1. The first-order valence-electron chi connectivity index (χ1n) is 7.55. The molecular weight excluding hydrogens is 318 g/mol. The highest BCUT2D eigenvalue weighted by molar-refractivity contribution is 7.97. The summed E-state index contributed by atoms with van der Waals surface area (Å²) in [6.07, 6.45) is 5.00. The van der Waals surface area contributed by atoms with E-state index in [-0.39, 0.29) is 0 Å². The van der Waals surface area contributed by atoms with Crippen LogP contribution in [0.2, 0.25) is 0 Å². The van der Waals surface area contributed by atoms with Gasteiger partial charge in [-0.25, -0.2) is 0 Å². The van der Waals surface area contributed by atoms with Crippen LogP contribution in [0.5, 0.6) is 0 Å². The van der Waals surface area contributed by atoms with E-state index in [2.05, 4.69) is 0 Å². The third-order valence-electron chi connectivity index (χ3n) is 3.88. The lowest BCUT2D eigenvalue weighted by Crippen LogP contribution is -2.16. The van der Waals surface area contributed by atoms with E-state index in [4.69, 9.17) is 0 Å². The third kappa shape index (κ3) is 2.51. The number of ketones is 2. The second kappa shape index (κ2) is 5.98. The quantitative estimate of drug-likeness (QED) is 0.664. The molecule has 0 fully saturated rings. The summed E-state index contributed by atoms with van der Waals surface area (Å²) in [7, 11) is 0. The summed E-state index contributed by atoms with van der Waals surface area (Å²) in [6, 6.07) is 19.6. The predicted molar refractivity (Wildman–Crippen MR) is 95.9 cm³/mol. The van der Waals surface area contributed by atoms with Crippen LogP contribution in [0.3, 0.4) is 0 Å². The Bertz CT molecular complexity index is 956. The average molecular weight is 331 g/mol. The highest BCUT2D eigenvalue weighted by atomic mass is 32.2. The highest BCUT2D eigenvalue weighted by Crippen LogP contribution is 2.35. The van der Waals surface area contributed by atoms with Crippen LogP contribution in [0.4, 0.5) is 0 Å². The van der Waals surface area contributed by atoms with Crippen LogP contribution in [-0.4, -0.2) is 15.5 Å². The molecule has 0 N–H and O–H groups in total. The van der Waals surface area contributed by atoms with Crippen molar-refractivity contribution < 1.29 is 9.59 Å². The van der Waals surface area contributed by atoms with E-state index in [0.29, 0.717) is 5.56 Å². The van der Waals surface area contributed by atoms with Crippen molar-refractivity contribution in [2.24, 2.45) is 0 Å². The van der Waals surface area contributed by atoms with Gasteiger partial charge in [0.15, 0.2) is 0 Å². The smallest absolute Gasteiger partial charge is 0.235 e. The van der Waals surface area contributed by atoms with Crippen molar-refractivity contribution >= 4 is 29.6 Å². The Kier molecular flexibility index (Phi) is 3.67. The van der Waals surface area contributed by atoms with Crippen molar-refractivity contribution in [1.29, 1.82) is 0 Å². The van der Waals surface area contributed by atoms with E-state index in [0.717, 1.165) is 21.7 Å². The lowest BCUT2D eigenvalue weighted by Gasteiger charge is -2.09. The molecule has 3 aromatic rings. The number of carbonyl (C=O) groups excluding carboxylic acids is 2. The fraction of sp³-hybridized carbons (Fsp3) is 0. The van der Waals surface area contributed by atoms with Crippen molar-refractivity contribution in [2.45, 2.75) is 4.90 Å². The lowest BCUT2D eigenvalue weighted by atomic mass is 9.94. The van der Waals surface area contributed by atoms with Gasteiger partial charge < -0.3 is 0 Å². The summed E-state index contributed by atoms with van der Waals surface area (Å²) in [5, 5.41) is 0. The van der Waals surface area contributed by atoms with Gasteiger partial charge >= 0.3 is 0 Å². The summed E-state index contributed by atoms with van der Waals surface area (Å²) in [6.45, 7) is 0. The molecule has 1 aliphatic rings. The first kappa shape index (κ1) is 14.7.